The first kappa shape index (κ1) is 16.1. The molecule has 4 nitrogen and oxygen atoms in total. The van der Waals surface area contributed by atoms with Crippen LogP contribution in [-0.2, 0) is 4.79 Å². The Morgan fingerprint density at radius 1 is 1.58 bits per heavy atom. The minimum absolute atomic E-state index is 0. The number of hydrogen-bond acceptors (Lipinski definition) is 3. The number of piperidine rings is 1. The molecule has 2 rings (SSSR count). The number of nitrogens with zero attached hydrogens (tertiary/aromatic N) is 1. The lowest BCUT2D eigenvalue weighted by atomic mass is 9.91. The van der Waals surface area contributed by atoms with E-state index in [9.17, 15) is 4.79 Å². The van der Waals surface area contributed by atoms with E-state index < -0.39 is 0 Å². The smallest absolute Gasteiger partial charge is 0.226 e. The predicted octanol–water partition coefficient (Wildman–Crippen LogP) is 2.61. The average Bonchev–Trinajstić information content (AvgIpc) is 2.90. The third-order valence-corrected chi connectivity index (χ3v) is 3.86. The van der Waals surface area contributed by atoms with E-state index in [0.717, 1.165) is 25.1 Å². The zero-order valence-corrected chi connectivity index (χ0v) is 12.6. The van der Waals surface area contributed by atoms with Crippen LogP contribution < -0.4 is 5.32 Å². The largest absolute Gasteiger partial charge is 0.467 e. The van der Waals surface area contributed by atoms with Gasteiger partial charge in [0.1, 0.15) is 5.76 Å². The van der Waals surface area contributed by atoms with Gasteiger partial charge in [-0.25, -0.2) is 0 Å². The molecule has 2 heterocycles. The van der Waals surface area contributed by atoms with Crippen molar-refractivity contribution < 1.29 is 9.21 Å². The summed E-state index contributed by atoms with van der Waals surface area (Å²) in [5, 5.41) is 3.37. The fourth-order valence-electron chi connectivity index (χ4n) is 2.55. The normalized spacial score (nSPS) is 24.4. The van der Waals surface area contributed by atoms with Crippen molar-refractivity contribution in [1.29, 1.82) is 0 Å². The summed E-state index contributed by atoms with van der Waals surface area (Å²) < 4.78 is 5.37. The van der Waals surface area contributed by atoms with Gasteiger partial charge in [0.15, 0.2) is 0 Å². The van der Waals surface area contributed by atoms with Crippen LogP contribution in [0.3, 0.4) is 0 Å². The maximum absolute atomic E-state index is 12.4. The molecule has 0 bridgehead atoms. The first-order chi connectivity index (χ1) is 8.59. The van der Waals surface area contributed by atoms with Crippen LogP contribution in [0.5, 0.6) is 0 Å². The molecule has 0 radical (unpaired) electrons. The third kappa shape index (κ3) is 3.74. The van der Waals surface area contributed by atoms with Crippen molar-refractivity contribution in [1.82, 2.24) is 10.2 Å². The Bertz CT molecular complexity index is 394. The molecule has 1 saturated heterocycles. The van der Waals surface area contributed by atoms with Gasteiger partial charge >= 0.3 is 0 Å². The van der Waals surface area contributed by atoms with E-state index in [2.05, 4.69) is 12.2 Å². The van der Waals surface area contributed by atoms with Gasteiger partial charge in [-0.1, -0.05) is 0 Å². The molecule has 108 valence electrons. The fraction of sp³-hybridized carbons (Fsp3) is 0.643. The summed E-state index contributed by atoms with van der Waals surface area (Å²) in [5.74, 6) is 1.21. The molecule has 1 fully saturated rings. The molecule has 0 aromatic carbocycles. The van der Waals surface area contributed by atoms with Crippen molar-refractivity contribution in [3.8, 4) is 0 Å². The summed E-state index contributed by atoms with van der Waals surface area (Å²) in [6.45, 7) is 5.07. The van der Waals surface area contributed by atoms with Gasteiger partial charge in [0, 0.05) is 19.0 Å². The molecule has 0 saturated carbocycles. The van der Waals surface area contributed by atoms with Crippen LogP contribution in [0.2, 0.25) is 0 Å². The van der Waals surface area contributed by atoms with Crippen LogP contribution in [0.15, 0.2) is 22.8 Å². The molecule has 1 N–H and O–H groups in total. The number of carbonyl (C=O) groups is 1. The molecule has 3 atom stereocenters. The highest BCUT2D eigenvalue weighted by Gasteiger charge is 2.29. The van der Waals surface area contributed by atoms with Gasteiger partial charge in [-0.05, 0) is 45.4 Å². The van der Waals surface area contributed by atoms with Crippen LogP contribution in [0.1, 0.15) is 38.5 Å². The van der Waals surface area contributed by atoms with Gasteiger partial charge in [-0.15, -0.1) is 12.4 Å². The van der Waals surface area contributed by atoms with E-state index >= 15 is 0 Å². The summed E-state index contributed by atoms with van der Waals surface area (Å²) in [4.78, 5) is 14.2. The topological polar surface area (TPSA) is 45.5 Å². The number of rotatable bonds is 3. The zero-order valence-electron chi connectivity index (χ0n) is 11.8. The highest BCUT2D eigenvalue weighted by atomic mass is 35.5. The highest BCUT2D eigenvalue weighted by molar-refractivity contribution is 5.85. The molecule has 0 aliphatic carbocycles. The monoisotopic (exact) mass is 286 g/mol. The minimum atomic E-state index is -0.00214. The van der Waals surface area contributed by atoms with Crippen LogP contribution in [0.25, 0.3) is 0 Å². The molecule has 19 heavy (non-hydrogen) atoms. The van der Waals surface area contributed by atoms with Crippen LogP contribution in [0, 0.1) is 5.92 Å². The summed E-state index contributed by atoms with van der Waals surface area (Å²) in [7, 11) is 1.86. The molecule has 1 unspecified atom stereocenters. The first-order valence-electron chi connectivity index (χ1n) is 6.63. The maximum atomic E-state index is 12.4. The van der Waals surface area contributed by atoms with Crippen molar-refractivity contribution in [2.45, 2.75) is 38.8 Å². The minimum Gasteiger partial charge on any atom is -0.467 e. The second-order valence-corrected chi connectivity index (χ2v) is 5.22. The molecule has 1 aromatic heterocycles. The summed E-state index contributed by atoms with van der Waals surface area (Å²) in [6, 6.07) is 4.20. The summed E-state index contributed by atoms with van der Waals surface area (Å²) >= 11 is 0. The second-order valence-electron chi connectivity index (χ2n) is 5.22. The number of carbonyl (C=O) groups excluding carboxylic acids is 1. The second kappa shape index (κ2) is 6.96. The van der Waals surface area contributed by atoms with Gasteiger partial charge in [0.2, 0.25) is 5.91 Å². The molecular weight excluding hydrogens is 264 g/mol. The number of furan rings is 1. The zero-order chi connectivity index (χ0) is 13.1. The van der Waals surface area contributed by atoms with Gasteiger partial charge < -0.3 is 14.6 Å². The van der Waals surface area contributed by atoms with E-state index in [0.29, 0.717) is 6.04 Å². The number of amides is 1. The van der Waals surface area contributed by atoms with Crippen molar-refractivity contribution >= 4 is 18.3 Å². The molecule has 1 aliphatic rings. The lowest BCUT2D eigenvalue weighted by Gasteiger charge is -2.32. The number of nitrogens with one attached hydrogen (secondary N) is 1. The van der Waals surface area contributed by atoms with Gasteiger partial charge in [0.05, 0.1) is 12.3 Å². The number of hydrogen-bond donors (Lipinski definition) is 1. The lowest BCUT2D eigenvalue weighted by molar-refractivity contribution is -0.137. The van der Waals surface area contributed by atoms with Gasteiger partial charge in [0.25, 0.3) is 0 Å². The van der Waals surface area contributed by atoms with E-state index in [1.54, 1.807) is 6.26 Å². The highest BCUT2D eigenvalue weighted by Crippen LogP contribution is 2.24. The van der Waals surface area contributed by atoms with Gasteiger partial charge in [-0.2, -0.15) is 0 Å². The molecule has 1 amide bonds. The van der Waals surface area contributed by atoms with Crippen molar-refractivity contribution in [2.24, 2.45) is 5.92 Å². The van der Waals surface area contributed by atoms with E-state index in [1.165, 1.54) is 0 Å². The fourth-order valence-corrected chi connectivity index (χ4v) is 2.55. The van der Waals surface area contributed by atoms with Gasteiger partial charge in [-0.3, -0.25) is 4.79 Å². The Kier molecular flexibility index (Phi) is 5.88. The average molecular weight is 287 g/mol. The first-order valence-corrected chi connectivity index (χ1v) is 6.63. The summed E-state index contributed by atoms with van der Waals surface area (Å²) in [6.07, 6.45) is 3.50. The Morgan fingerprint density at radius 3 is 2.89 bits per heavy atom. The van der Waals surface area contributed by atoms with Crippen LogP contribution in [-0.4, -0.2) is 30.4 Å². The Labute approximate surface area is 120 Å². The molecule has 1 aliphatic heterocycles. The van der Waals surface area contributed by atoms with Crippen molar-refractivity contribution in [3.63, 3.8) is 0 Å². The summed E-state index contributed by atoms with van der Waals surface area (Å²) in [5.41, 5.74) is 0. The van der Waals surface area contributed by atoms with Crippen LogP contribution >= 0.6 is 12.4 Å². The quantitative estimate of drug-likeness (QED) is 0.929. The Balaban J connectivity index is 0.00000180. The van der Waals surface area contributed by atoms with E-state index in [4.69, 9.17) is 4.42 Å². The SMILES string of the molecule is CC(c1ccco1)N(C)C(=O)[C@H]1CCN[C@@H](C)C1.Cl. The molecule has 5 heteroatoms. The molecule has 0 spiro atoms. The molecular formula is C14H23ClN2O2. The van der Waals surface area contributed by atoms with E-state index in [-0.39, 0.29) is 30.3 Å². The third-order valence-electron chi connectivity index (χ3n) is 3.86. The Morgan fingerprint density at radius 2 is 2.32 bits per heavy atom. The number of halogens is 1. The maximum Gasteiger partial charge on any atom is 0.226 e. The van der Waals surface area contributed by atoms with Crippen LogP contribution in [0.4, 0.5) is 0 Å². The standard InChI is InChI=1S/C14H22N2O2.ClH/c1-10-9-12(6-7-15-10)14(17)16(3)11(2)13-5-4-8-18-13;/h4-5,8,10-12,15H,6-7,9H2,1-3H3;1H/t10-,11?,12-;/m0./s1. The van der Waals surface area contributed by atoms with Crippen molar-refractivity contribution in [3.05, 3.63) is 24.2 Å². The van der Waals surface area contributed by atoms with E-state index in [1.807, 2.05) is 31.0 Å². The molecule has 1 aromatic rings. The Hall–Kier alpha value is -1.000. The predicted molar refractivity (Wildman–Crippen MR) is 77.3 cm³/mol. The lowest BCUT2D eigenvalue weighted by Crippen LogP contribution is -2.43. The van der Waals surface area contributed by atoms with Crippen molar-refractivity contribution in [2.75, 3.05) is 13.6 Å².